The molecule has 88 valence electrons. The van der Waals surface area contributed by atoms with E-state index < -0.39 is 0 Å². The van der Waals surface area contributed by atoms with Crippen LogP contribution in [0.15, 0.2) is 54.6 Å². The molecule has 2 N–H and O–H groups in total. The number of aromatic nitrogens is 1. The molecule has 0 unspecified atom stereocenters. The van der Waals surface area contributed by atoms with Crippen molar-refractivity contribution < 1.29 is 0 Å². The lowest BCUT2D eigenvalue weighted by atomic mass is 10.1. The van der Waals surface area contributed by atoms with Crippen LogP contribution in [-0.2, 0) is 0 Å². The Bertz CT molecular complexity index is 723. The number of benzene rings is 2. The van der Waals surface area contributed by atoms with Gasteiger partial charge in [0.1, 0.15) is 0 Å². The Morgan fingerprint density at radius 3 is 2.50 bits per heavy atom. The maximum absolute atomic E-state index is 6.19. The van der Waals surface area contributed by atoms with Crippen LogP contribution in [0.5, 0.6) is 0 Å². The minimum atomic E-state index is 0.641. The topological polar surface area (TPSA) is 38.9 Å². The van der Waals surface area contributed by atoms with Gasteiger partial charge in [-0.2, -0.15) is 0 Å². The summed E-state index contributed by atoms with van der Waals surface area (Å²) in [5.41, 5.74) is 9.22. The first-order chi connectivity index (χ1) is 8.75. The van der Waals surface area contributed by atoms with E-state index in [0.29, 0.717) is 10.7 Å². The monoisotopic (exact) mass is 254 g/mol. The fourth-order valence-corrected chi connectivity index (χ4v) is 2.23. The Morgan fingerprint density at radius 2 is 1.67 bits per heavy atom. The van der Waals surface area contributed by atoms with Gasteiger partial charge in [0.05, 0.1) is 21.9 Å². The summed E-state index contributed by atoms with van der Waals surface area (Å²) in [5, 5.41) is 1.69. The second-order valence-corrected chi connectivity index (χ2v) is 4.51. The average molecular weight is 255 g/mol. The summed E-state index contributed by atoms with van der Waals surface area (Å²) >= 11 is 6.19. The van der Waals surface area contributed by atoms with Crippen molar-refractivity contribution in [3.05, 3.63) is 59.6 Å². The SMILES string of the molecule is Nc1cc2ccccc2nc1-c1ccccc1Cl. The van der Waals surface area contributed by atoms with E-state index in [9.17, 15) is 0 Å². The quantitative estimate of drug-likeness (QED) is 0.709. The number of fused-ring (bicyclic) bond motifs is 1. The Hall–Kier alpha value is -2.06. The summed E-state index contributed by atoms with van der Waals surface area (Å²) in [7, 11) is 0. The molecule has 0 fully saturated rings. The minimum Gasteiger partial charge on any atom is -0.397 e. The van der Waals surface area contributed by atoms with Crippen molar-refractivity contribution in [2.75, 3.05) is 5.73 Å². The molecule has 0 bridgehead atoms. The molecule has 18 heavy (non-hydrogen) atoms. The third-order valence-electron chi connectivity index (χ3n) is 2.88. The smallest absolute Gasteiger partial charge is 0.0953 e. The second kappa shape index (κ2) is 4.31. The number of hydrogen-bond acceptors (Lipinski definition) is 2. The Balaban J connectivity index is 2.30. The van der Waals surface area contributed by atoms with Crippen LogP contribution < -0.4 is 5.73 Å². The molecule has 3 heteroatoms. The lowest BCUT2D eigenvalue weighted by Crippen LogP contribution is -1.94. The van der Waals surface area contributed by atoms with E-state index in [2.05, 4.69) is 4.98 Å². The number of nitrogens with zero attached hydrogens (tertiary/aromatic N) is 1. The van der Waals surface area contributed by atoms with E-state index in [1.54, 1.807) is 0 Å². The maximum Gasteiger partial charge on any atom is 0.0953 e. The molecular formula is C15H11ClN2. The predicted molar refractivity (Wildman–Crippen MR) is 76.6 cm³/mol. The van der Waals surface area contributed by atoms with Crippen molar-refractivity contribution in [1.29, 1.82) is 0 Å². The van der Waals surface area contributed by atoms with Gasteiger partial charge in [-0.3, -0.25) is 0 Å². The summed E-state index contributed by atoms with van der Waals surface area (Å²) in [5.74, 6) is 0. The van der Waals surface area contributed by atoms with Crippen molar-refractivity contribution in [1.82, 2.24) is 4.98 Å². The summed E-state index contributed by atoms with van der Waals surface area (Å²) in [6, 6.07) is 17.4. The highest BCUT2D eigenvalue weighted by atomic mass is 35.5. The van der Waals surface area contributed by atoms with Gasteiger partial charge in [0.25, 0.3) is 0 Å². The zero-order valence-electron chi connectivity index (χ0n) is 9.60. The highest BCUT2D eigenvalue weighted by molar-refractivity contribution is 6.33. The number of pyridine rings is 1. The normalized spacial score (nSPS) is 10.7. The van der Waals surface area contributed by atoms with Gasteiger partial charge in [-0.1, -0.05) is 48.0 Å². The molecule has 0 saturated carbocycles. The molecule has 0 aliphatic heterocycles. The van der Waals surface area contributed by atoms with Crippen LogP contribution in [0, 0.1) is 0 Å². The number of halogens is 1. The third kappa shape index (κ3) is 1.81. The van der Waals surface area contributed by atoms with Crippen molar-refractivity contribution in [3.8, 4) is 11.3 Å². The van der Waals surface area contributed by atoms with Gasteiger partial charge in [-0.15, -0.1) is 0 Å². The molecule has 3 rings (SSSR count). The van der Waals surface area contributed by atoms with E-state index >= 15 is 0 Å². The first kappa shape index (κ1) is 11.1. The van der Waals surface area contributed by atoms with E-state index in [1.165, 1.54) is 0 Å². The number of nitrogen functional groups attached to an aromatic ring is 1. The van der Waals surface area contributed by atoms with Crippen molar-refractivity contribution in [2.24, 2.45) is 0 Å². The molecule has 1 aromatic heterocycles. The number of rotatable bonds is 1. The highest BCUT2D eigenvalue weighted by Crippen LogP contribution is 2.32. The average Bonchev–Trinajstić information content (AvgIpc) is 2.39. The summed E-state index contributed by atoms with van der Waals surface area (Å²) < 4.78 is 0. The molecule has 2 nitrogen and oxygen atoms in total. The minimum absolute atomic E-state index is 0.641. The fourth-order valence-electron chi connectivity index (χ4n) is 2.00. The summed E-state index contributed by atoms with van der Waals surface area (Å²) in [6.07, 6.45) is 0. The van der Waals surface area contributed by atoms with Crippen LogP contribution in [0.25, 0.3) is 22.2 Å². The largest absolute Gasteiger partial charge is 0.397 e. The zero-order valence-corrected chi connectivity index (χ0v) is 10.4. The molecule has 2 aromatic carbocycles. The maximum atomic E-state index is 6.19. The van der Waals surface area contributed by atoms with E-state index in [-0.39, 0.29) is 0 Å². The van der Waals surface area contributed by atoms with E-state index in [4.69, 9.17) is 17.3 Å². The molecule has 0 radical (unpaired) electrons. The van der Waals surface area contributed by atoms with Gasteiger partial charge < -0.3 is 5.73 Å². The second-order valence-electron chi connectivity index (χ2n) is 4.10. The van der Waals surface area contributed by atoms with Crippen LogP contribution in [0.2, 0.25) is 5.02 Å². The van der Waals surface area contributed by atoms with Gasteiger partial charge in [0, 0.05) is 10.9 Å². The van der Waals surface area contributed by atoms with Crippen LogP contribution in [0.4, 0.5) is 5.69 Å². The number of nitrogens with two attached hydrogens (primary N) is 1. The van der Waals surface area contributed by atoms with Crippen molar-refractivity contribution in [2.45, 2.75) is 0 Å². The highest BCUT2D eigenvalue weighted by Gasteiger charge is 2.09. The van der Waals surface area contributed by atoms with Crippen LogP contribution >= 0.6 is 11.6 Å². The van der Waals surface area contributed by atoms with E-state index in [0.717, 1.165) is 22.2 Å². The summed E-state index contributed by atoms with van der Waals surface area (Å²) in [4.78, 5) is 4.60. The Labute approximate surface area is 110 Å². The van der Waals surface area contributed by atoms with Crippen LogP contribution in [-0.4, -0.2) is 4.98 Å². The standard InChI is InChI=1S/C15H11ClN2/c16-12-7-3-2-6-11(12)15-13(17)9-10-5-1-4-8-14(10)18-15/h1-9H,17H2. The van der Waals surface area contributed by atoms with Crippen LogP contribution in [0.1, 0.15) is 0 Å². The molecule has 1 heterocycles. The van der Waals surface area contributed by atoms with E-state index in [1.807, 2.05) is 54.6 Å². The first-order valence-corrected chi connectivity index (χ1v) is 6.03. The number of para-hydroxylation sites is 1. The van der Waals surface area contributed by atoms with Crippen molar-refractivity contribution >= 4 is 28.2 Å². The Morgan fingerprint density at radius 1 is 0.944 bits per heavy atom. The predicted octanol–water partition coefficient (Wildman–Crippen LogP) is 4.14. The molecule has 0 aliphatic carbocycles. The fraction of sp³-hybridized carbons (Fsp3) is 0. The first-order valence-electron chi connectivity index (χ1n) is 5.66. The zero-order chi connectivity index (χ0) is 12.5. The summed E-state index contributed by atoms with van der Waals surface area (Å²) in [6.45, 7) is 0. The molecule has 0 spiro atoms. The van der Waals surface area contributed by atoms with Gasteiger partial charge in [0.2, 0.25) is 0 Å². The molecule has 0 saturated heterocycles. The lowest BCUT2D eigenvalue weighted by molar-refractivity contribution is 1.40. The molecule has 3 aromatic rings. The lowest BCUT2D eigenvalue weighted by Gasteiger charge is -2.08. The molecule has 0 atom stereocenters. The Kier molecular flexibility index (Phi) is 2.65. The number of anilines is 1. The van der Waals surface area contributed by atoms with Crippen LogP contribution in [0.3, 0.4) is 0 Å². The van der Waals surface area contributed by atoms with Gasteiger partial charge in [-0.05, 0) is 18.2 Å². The van der Waals surface area contributed by atoms with Gasteiger partial charge >= 0.3 is 0 Å². The molecule has 0 aliphatic rings. The molecule has 0 amide bonds. The van der Waals surface area contributed by atoms with Crippen molar-refractivity contribution in [3.63, 3.8) is 0 Å². The van der Waals surface area contributed by atoms with Gasteiger partial charge in [-0.25, -0.2) is 4.98 Å². The molecular weight excluding hydrogens is 244 g/mol. The number of hydrogen-bond donors (Lipinski definition) is 1. The van der Waals surface area contributed by atoms with Gasteiger partial charge in [0.15, 0.2) is 0 Å². The third-order valence-corrected chi connectivity index (χ3v) is 3.21.